The zero-order valence-electron chi connectivity index (χ0n) is 13.0. The molecule has 0 unspecified atom stereocenters. The van der Waals surface area contributed by atoms with E-state index in [-0.39, 0.29) is 0 Å². The summed E-state index contributed by atoms with van der Waals surface area (Å²) in [7, 11) is 0. The Labute approximate surface area is 128 Å². The van der Waals surface area contributed by atoms with Gasteiger partial charge in [0, 0.05) is 31.2 Å². The van der Waals surface area contributed by atoms with E-state index < -0.39 is 0 Å². The minimum atomic E-state index is 0.536. The summed E-state index contributed by atoms with van der Waals surface area (Å²) >= 11 is 0. The molecule has 21 heavy (non-hydrogen) atoms. The minimum absolute atomic E-state index is 0.536. The van der Waals surface area contributed by atoms with Crippen LogP contribution in [-0.4, -0.2) is 28.9 Å². The standard InChI is InChI=1S/C19H24N2/c1-16(2)21-14-8-13-20(15-17-9-4-3-5-10-17)19(21)18-11-6-7-12-18/h3-7,9-12,16H,8,13-15H2,1-2H3. The number of rotatable bonds is 3. The van der Waals surface area contributed by atoms with Crippen molar-refractivity contribution < 1.29 is 0 Å². The van der Waals surface area contributed by atoms with Gasteiger partial charge in [0.1, 0.15) is 5.82 Å². The van der Waals surface area contributed by atoms with Gasteiger partial charge in [0.25, 0.3) is 0 Å². The summed E-state index contributed by atoms with van der Waals surface area (Å²) in [5, 5.41) is 0. The molecule has 2 heteroatoms. The number of hydrogen-bond donors (Lipinski definition) is 0. The van der Waals surface area contributed by atoms with Crippen LogP contribution in [0.15, 0.2) is 66.0 Å². The predicted octanol–water partition coefficient (Wildman–Crippen LogP) is 3.94. The molecule has 0 spiro atoms. The largest absolute Gasteiger partial charge is 0.355 e. The molecular formula is C19H24N2. The van der Waals surface area contributed by atoms with Crippen LogP contribution in [0, 0.1) is 0 Å². The second-order valence-corrected chi connectivity index (χ2v) is 6.05. The number of nitrogens with zero attached hydrogens (tertiary/aromatic N) is 2. The summed E-state index contributed by atoms with van der Waals surface area (Å²) in [5.74, 6) is 1.39. The summed E-state index contributed by atoms with van der Waals surface area (Å²) in [4.78, 5) is 5.08. The molecule has 1 fully saturated rings. The highest BCUT2D eigenvalue weighted by atomic mass is 15.4. The molecule has 1 aromatic carbocycles. The number of allylic oxidation sites excluding steroid dienone is 5. The first-order chi connectivity index (χ1) is 10.3. The fraction of sp³-hybridized carbons (Fsp3) is 0.368. The summed E-state index contributed by atoms with van der Waals surface area (Å²) < 4.78 is 0. The molecule has 0 N–H and O–H groups in total. The molecule has 0 saturated carbocycles. The van der Waals surface area contributed by atoms with Crippen molar-refractivity contribution in [2.24, 2.45) is 0 Å². The van der Waals surface area contributed by atoms with E-state index in [0.29, 0.717) is 6.04 Å². The van der Waals surface area contributed by atoms with Gasteiger partial charge in [-0.2, -0.15) is 0 Å². The summed E-state index contributed by atoms with van der Waals surface area (Å²) in [6, 6.07) is 11.3. The van der Waals surface area contributed by atoms with E-state index in [1.807, 2.05) is 0 Å². The van der Waals surface area contributed by atoms with Gasteiger partial charge in [-0.3, -0.25) is 0 Å². The van der Waals surface area contributed by atoms with Crippen molar-refractivity contribution >= 4 is 0 Å². The van der Waals surface area contributed by atoms with Crippen molar-refractivity contribution in [1.82, 2.24) is 9.80 Å². The Bertz CT molecular complexity index is 552. The van der Waals surface area contributed by atoms with E-state index in [1.165, 1.54) is 23.4 Å². The fourth-order valence-corrected chi connectivity index (χ4v) is 3.16. The summed E-state index contributed by atoms with van der Waals surface area (Å²) in [6.07, 6.45) is 9.96. The van der Waals surface area contributed by atoms with Gasteiger partial charge in [0.2, 0.25) is 0 Å². The predicted molar refractivity (Wildman–Crippen MR) is 88.6 cm³/mol. The van der Waals surface area contributed by atoms with Crippen LogP contribution in [0.25, 0.3) is 0 Å². The van der Waals surface area contributed by atoms with Crippen LogP contribution in [-0.2, 0) is 6.54 Å². The van der Waals surface area contributed by atoms with Gasteiger partial charge >= 0.3 is 0 Å². The lowest BCUT2D eigenvalue weighted by Crippen LogP contribution is -2.45. The topological polar surface area (TPSA) is 6.48 Å². The van der Waals surface area contributed by atoms with Crippen molar-refractivity contribution in [3.05, 3.63) is 71.6 Å². The van der Waals surface area contributed by atoms with Crippen LogP contribution in [0.1, 0.15) is 25.8 Å². The third kappa shape index (κ3) is 3.05. The molecular weight excluding hydrogens is 256 g/mol. The van der Waals surface area contributed by atoms with E-state index in [9.17, 15) is 0 Å². The molecule has 1 aliphatic carbocycles. The highest BCUT2D eigenvalue weighted by molar-refractivity contribution is 5.43. The van der Waals surface area contributed by atoms with Crippen molar-refractivity contribution in [3.63, 3.8) is 0 Å². The lowest BCUT2D eigenvalue weighted by atomic mass is 10.1. The molecule has 1 heterocycles. The average Bonchev–Trinajstić information content (AvgIpc) is 3.02. The molecule has 0 amide bonds. The van der Waals surface area contributed by atoms with Crippen LogP contribution in [0.4, 0.5) is 0 Å². The second kappa shape index (κ2) is 6.21. The molecule has 1 aromatic rings. The van der Waals surface area contributed by atoms with E-state index >= 15 is 0 Å². The molecule has 3 rings (SSSR count). The Balaban J connectivity index is 1.92. The summed E-state index contributed by atoms with van der Waals surface area (Å²) in [5.41, 5.74) is 2.73. The van der Waals surface area contributed by atoms with Gasteiger partial charge in [0.15, 0.2) is 0 Å². The molecule has 2 nitrogen and oxygen atoms in total. The Kier molecular flexibility index (Phi) is 4.14. The average molecular weight is 280 g/mol. The number of benzene rings is 1. The highest BCUT2D eigenvalue weighted by Gasteiger charge is 2.26. The second-order valence-electron chi connectivity index (χ2n) is 6.05. The quantitative estimate of drug-likeness (QED) is 0.827. The first-order valence-corrected chi connectivity index (χ1v) is 7.90. The zero-order chi connectivity index (χ0) is 14.7. The third-order valence-corrected chi connectivity index (χ3v) is 4.16. The molecule has 0 bridgehead atoms. The third-order valence-electron chi connectivity index (χ3n) is 4.16. The smallest absolute Gasteiger partial charge is 0.112 e. The maximum atomic E-state index is 2.54. The summed E-state index contributed by atoms with van der Waals surface area (Å²) in [6.45, 7) is 7.86. The Hall–Kier alpha value is -1.96. The Morgan fingerprint density at radius 2 is 1.71 bits per heavy atom. The molecule has 0 atom stereocenters. The minimum Gasteiger partial charge on any atom is -0.355 e. The molecule has 2 aliphatic rings. The van der Waals surface area contributed by atoms with Crippen molar-refractivity contribution in [2.45, 2.75) is 32.9 Å². The van der Waals surface area contributed by atoms with Gasteiger partial charge < -0.3 is 9.80 Å². The fourth-order valence-electron chi connectivity index (χ4n) is 3.16. The van der Waals surface area contributed by atoms with Gasteiger partial charge in [0.05, 0.1) is 0 Å². The molecule has 1 aliphatic heterocycles. The SMILES string of the molecule is CC(C)N1CCCN(Cc2ccccc2)C1=C1C=CC=C1. The van der Waals surface area contributed by atoms with Crippen LogP contribution >= 0.6 is 0 Å². The van der Waals surface area contributed by atoms with Crippen LogP contribution in [0.2, 0.25) is 0 Å². The maximum absolute atomic E-state index is 2.54. The molecule has 0 radical (unpaired) electrons. The van der Waals surface area contributed by atoms with Crippen LogP contribution in [0.3, 0.4) is 0 Å². The highest BCUT2D eigenvalue weighted by Crippen LogP contribution is 2.28. The van der Waals surface area contributed by atoms with Crippen molar-refractivity contribution in [2.75, 3.05) is 13.1 Å². The van der Waals surface area contributed by atoms with E-state index in [0.717, 1.165) is 19.6 Å². The zero-order valence-corrected chi connectivity index (χ0v) is 13.0. The Morgan fingerprint density at radius 1 is 1.00 bits per heavy atom. The lowest BCUT2D eigenvalue weighted by Gasteiger charge is -2.44. The first kappa shape index (κ1) is 14.0. The molecule has 110 valence electrons. The number of hydrogen-bond acceptors (Lipinski definition) is 2. The van der Waals surface area contributed by atoms with Crippen LogP contribution in [0.5, 0.6) is 0 Å². The van der Waals surface area contributed by atoms with Gasteiger partial charge in [-0.15, -0.1) is 0 Å². The van der Waals surface area contributed by atoms with Crippen molar-refractivity contribution in [3.8, 4) is 0 Å². The lowest BCUT2D eigenvalue weighted by molar-refractivity contribution is 0.126. The molecule has 0 aromatic heterocycles. The maximum Gasteiger partial charge on any atom is 0.112 e. The van der Waals surface area contributed by atoms with Gasteiger partial charge in [-0.25, -0.2) is 0 Å². The van der Waals surface area contributed by atoms with Crippen molar-refractivity contribution in [1.29, 1.82) is 0 Å². The first-order valence-electron chi connectivity index (χ1n) is 7.90. The van der Waals surface area contributed by atoms with E-state index in [4.69, 9.17) is 0 Å². The van der Waals surface area contributed by atoms with E-state index in [1.54, 1.807) is 0 Å². The molecule has 1 saturated heterocycles. The van der Waals surface area contributed by atoms with E-state index in [2.05, 4.69) is 78.3 Å². The van der Waals surface area contributed by atoms with Gasteiger partial charge in [-0.05, 0) is 25.8 Å². The Morgan fingerprint density at radius 3 is 2.38 bits per heavy atom. The normalized spacial score (nSPS) is 18.2. The monoisotopic (exact) mass is 280 g/mol. The van der Waals surface area contributed by atoms with Gasteiger partial charge in [-0.1, -0.05) is 54.6 Å². The van der Waals surface area contributed by atoms with Crippen LogP contribution < -0.4 is 0 Å².